The summed E-state index contributed by atoms with van der Waals surface area (Å²) in [5.41, 5.74) is 2.68. The first-order valence-corrected chi connectivity index (χ1v) is 4.80. The van der Waals surface area contributed by atoms with Crippen LogP contribution in [0.4, 0.5) is 0 Å². The molecule has 0 heterocycles. The highest BCUT2D eigenvalue weighted by molar-refractivity contribution is 5.74. The minimum Gasteiger partial charge on any atom is -0.0834 e. The molecule has 1 aromatic carbocycles. The molecule has 0 aliphatic heterocycles. The second-order valence-corrected chi connectivity index (χ2v) is 3.60. The molecule has 0 aromatic heterocycles. The van der Waals surface area contributed by atoms with Gasteiger partial charge in [-0.25, -0.2) is 0 Å². The smallest absolute Gasteiger partial charge is 0.0187 e. The van der Waals surface area contributed by atoms with Crippen molar-refractivity contribution in [1.29, 1.82) is 0 Å². The Kier molecular flexibility index (Phi) is 2.31. The third kappa shape index (κ3) is 1.89. The zero-order valence-electron chi connectivity index (χ0n) is 7.90. The molecule has 0 spiro atoms. The van der Waals surface area contributed by atoms with Crippen LogP contribution in [0.3, 0.4) is 0 Å². The average Bonchev–Trinajstić information content (AvgIpc) is 2.19. The van der Waals surface area contributed by atoms with Gasteiger partial charge < -0.3 is 0 Å². The molecule has 66 valence electrons. The molecule has 1 aromatic rings. The van der Waals surface area contributed by atoms with Crippen molar-refractivity contribution in [2.75, 3.05) is 0 Å². The van der Waals surface area contributed by atoms with Gasteiger partial charge in [-0.05, 0) is 23.5 Å². The van der Waals surface area contributed by atoms with E-state index in [1.807, 2.05) is 0 Å². The molecule has 0 amide bonds. The van der Waals surface area contributed by atoms with Crippen LogP contribution in [0.2, 0.25) is 0 Å². The summed E-state index contributed by atoms with van der Waals surface area (Å²) in [5, 5.41) is 0. The summed E-state index contributed by atoms with van der Waals surface area (Å²) in [6.07, 6.45) is 7.99. The predicted octanol–water partition coefficient (Wildman–Crippen LogP) is 3.67. The Morgan fingerprint density at radius 2 is 1.92 bits per heavy atom. The maximum absolute atomic E-state index is 2.34. The van der Waals surface area contributed by atoms with Gasteiger partial charge >= 0.3 is 0 Å². The number of rotatable bonds is 1. The van der Waals surface area contributed by atoms with Gasteiger partial charge in [-0.15, -0.1) is 0 Å². The molecule has 1 unspecified atom stereocenters. The molecule has 0 fully saturated rings. The van der Waals surface area contributed by atoms with E-state index in [0.29, 0.717) is 5.92 Å². The van der Waals surface area contributed by atoms with Crippen LogP contribution in [0.1, 0.15) is 18.9 Å². The molecule has 13 heavy (non-hydrogen) atoms. The summed E-state index contributed by atoms with van der Waals surface area (Å²) >= 11 is 0. The highest BCUT2D eigenvalue weighted by atomic mass is 14.1. The zero-order chi connectivity index (χ0) is 9.10. The van der Waals surface area contributed by atoms with E-state index in [-0.39, 0.29) is 0 Å². The fraction of sp³-hybridized carbons (Fsp3) is 0.231. The molecule has 2 rings (SSSR count). The van der Waals surface area contributed by atoms with E-state index < -0.39 is 0 Å². The maximum atomic E-state index is 2.34. The highest BCUT2D eigenvalue weighted by Crippen LogP contribution is 2.23. The number of benzene rings is 1. The fourth-order valence-corrected chi connectivity index (χ4v) is 1.66. The Hall–Kier alpha value is -1.30. The standard InChI is InChI=1S/C13H14/c1-11-6-5-9-13(10-11)12-7-3-2-4-8-12/h2-5,7-11H,6H2,1H3. The van der Waals surface area contributed by atoms with Crippen LogP contribution < -0.4 is 0 Å². The Labute approximate surface area is 79.6 Å². The first-order valence-electron chi connectivity index (χ1n) is 4.80. The van der Waals surface area contributed by atoms with E-state index in [4.69, 9.17) is 0 Å². The van der Waals surface area contributed by atoms with Crippen molar-refractivity contribution in [2.45, 2.75) is 13.3 Å². The van der Waals surface area contributed by atoms with Crippen LogP contribution >= 0.6 is 0 Å². The Morgan fingerprint density at radius 1 is 1.15 bits per heavy atom. The lowest BCUT2D eigenvalue weighted by molar-refractivity contribution is 0.740. The van der Waals surface area contributed by atoms with Crippen molar-refractivity contribution in [3.8, 4) is 0 Å². The van der Waals surface area contributed by atoms with Gasteiger partial charge in [0, 0.05) is 0 Å². The lowest BCUT2D eigenvalue weighted by Gasteiger charge is -2.12. The van der Waals surface area contributed by atoms with Gasteiger partial charge in [0.25, 0.3) is 0 Å². The van der Waals surface area contributed by atoms with Gasteiger partial charge in [0.05, 0.1) is 0 Å². The third-order valence-electron chi connectivity index (χ3n) is 2.38. The van der Waals surface area contributed by atoms with Crippen LogP contribution in [0.25, 0.3) is 5.57 Å². The Balaban J connectivity index is 2.32. The molecule has 0 radical (unpaired) electrons. The number of allylic oxidation sites excluding steroid dienone is 4. The van der Waals surface area contributed by atoms with Crippen LogP contribution in [-0.2, 0) is 0 Å². The Morgan fingerprint density at radius 3 is 2.62 bits per heavy atom. The van der Waals surface area contributed by atoms with E-state index in [1.54, 1.807) is 0 Å². The van der Waals surface area contributed by atoms with Crippen molar-refractivity contribution >= 4 is 5.57 Å². The van der Waals surface area contributed by atoms with Gasteiger partial charge in [0.15, 0.2) is 0 Å². The average molecular weight is 170 g/mol. The molecule has 0 heteroatoms. The minimum atomic E-state index is 0.681. The molecule has 1 aliphatic carbocycles. The van der Waals surface area contributed by atoms with Crippen molar-refractivity contribution in [1.82, 2.24) is 0 Å². The van der Waals surface area contributed by atoms with Crippen molar-refractivity contribution in [3.05, 3.63) is 54.1 Å². The predicted molar refractivity (Wildman–Crippen MR) is 57.3 cm³/mol. The lowest BCUT2D eigenvalue weighted by Crippen LogP contribution is -1.94. The SMILES string of the molecule is CC1C=C(c2ccccc2)C=CC1. The van der Waals surface area contributed by atoms with Crippen molar-refractivity contribution in [3.63, 3.8) is 0 Å². The second kappa shape index (κ2) is 3.61. The first-order chi connectivity index (χ1) is 6.36. The van der Waals surface area contributed by atoms with E-state index >= 15 is 0 Å². The summed E-state index contributed by atoms with van der Waals surface area (Å²) in [6, 6.07) is 10.6. The molecule has 0 nitrogen and oxygen atoms in total. The van der Waals surface area contributed by atoms with Gasteiger partial charge in [0.2, 0.25) is 0 Å². The van der Waals surface area contributed by atoms with E-state index in [0.717, 1.165) is 0 Å². The topological polar surface area (TPSA) is 0 Å². The summed E-state index contributed by atoms with van der Waals surface area (Å²) in [7, 11) is 0. The quantitative estimate of drug-likeness (QED) is 0.603. The van der Waals surface area contributed by atoms with Gasteiger partial charge in [-0.2, -0.15) is 0 Å². The molecular weight excluding hydrogens is 156 g/mol. The summed E-state index contributed by atoms with van der Waals surface area (Å²) in [4.78, 5) is 0. The van der Waals surface area contributed by atoms with Crippen LogP contribution in [0, 0.1) is 5.92 Å². The van der Waals surface area contributed by atoms with Gasteiger partial charge in [-0.1, -0.05) is 55.5 Å². The summed E-state index contributed by atoms with van der Waals surface area (Å²) < 4.78 is 0. The maximum Gasteiger partial charge on any atom is -0.0187 e. The number of hydrogen-bond donors (Lipinski definition) is 0. The van der Waals surface area contributed by atoms with E-state index in [1.165, 1.54) is 17.6 Å². The van der Waals surface area contributed by atoms with Crippen LogP contribution in [0.15, 0.2) is 48.6 Å². The molecule has 0 N–H and O–H groups in total. The third-order valence-corrected chi connectivity index (χ3v) is 2.38. The second-order valence-electron chi connectivity index (χ2n) is 3.60. The van der Waals surface area contributed by atoms with Crippen LogP contribution in [-0.4, -0.2) is 0 Å². The zero-order valence-corrected chi connectivity index (χ0v) is 7.90. The van der Waals surface area contributed by atoms with Gasteiger partial charge in [-0.3, -0.25) is 0 Å². The van der Waals surface area contributed by atoms with Crippen molar-refractivity contribution < 1.29 is 0 Å². The lowest BCUT2D eigenvalue weighted by atomic mass is 9.94. The monoisotopic (exact) mass is 170 g/mol. The van der Waals surface area contributed by atoms with Crippen LogP contribution in [0.5, 0.6) is 0 Å². The van der Waals surface area contributed by atoms with Gasteiger partial charge in [0.1, 0.15) is 0 Å². The number of hydrogen-bond acceptors (Lipinski definition) is 0. The molecule has 1 aliphatic rings. The largest absolute Gasteiger partial charge is 0.0834 e. The fourth-order valence-electron chi connectivity index (χ4n) is 1.66. The first kappa shape index (κ1) is 8.31. The Bertz CT molecular complexity index is 330. The molecule has 0 saturated carbocycles. The summed E-state index contributed by atoms with van der Waals surface area (Å²) in [5.74, 6) is 0.681. The highest BCUT2D eigenvalue weighted by Gasteiger charge is 2.04. The van der Waals surface area contributed by atoms with E-state index in [9.17, 15) is 0 Å². The van der Waals surface area contributed by atoms with E-state index in [2.05, 4.69) is 55.5 Å². The normalized spacial score (nSPS) is 21.3. The summed E-state index contributed by atoms with van der Waals surface area (Å²) in [6.45, 7) is 2.26. The molecular formula is C13H14. The minimum absolute atomic E-state index is 0.681. The molecule has 1 atom stereocenters. The molecule has 0 saturated heterocycles. The molecule has 0 bridgehead atoms. The van der Waals surface area contributed by atoms with Crippen molar-refractivity contribution in [2.24, 2.45) is 5.92 Å².